The highest BCUT2D eigenvalue weighted by atomic mass is 28.4. The SMILES string of the molecule is C#C[C@@H]1O[C@H](CO)[C@@H](C#C[Si](C)(C)C(C)(C)CCO[Si](C(C)C)(C(C)C)C(C)C)[C@H](O)[C@H]1O[Si](C(C)C)(C(C)C)C(C)C. The van der Waals surface area contributed by atoms with Crippen LogP contribution in [0.25, 0.3) is 0 Å². The van der Waals surface area contributed by atoms with Crippen molar-refractivity contribution in [2.24, 2.45) is 5.92 Å². The molecule has 1 heterocycles. The zero-order valence-electron chi connectivity index (χ0n) is 30.7. The zero-order chi connectivity index (χ0) is 33.7. The maximum Gasteiger partial charge on any atom is 0.201 e. The second-order valence-corrected chi connectivity index (χ2v) is 31.8. The van der Waals surface area contributed by atoms with Crippen LogP contribution in [0.5, 0.6) is 0 Å². The summed E-state index contributed by atoms with van der Waals surface area (Å²) in [5, 5.41) is 22.1. The first-order chi connectivity index (χ1) is 19.6. The Morgan fingerprint density at radius 1 is 0.814 bits per heavy atom. The van der Waals surface area contributed by atoms with Gasteiger partial charge in [0, 0.05) is 6.61 Å². The van der Waals surface area contributed by atoms with Gasteiger partial charge in [-0.1, -0.05) is 116 Å². The molecule has 250 valence electrons. The number of terminal acetylenes is 1. The van der Waals surface area contributed by atoms with E-state index in [2.05, 4.69) is 127 Å². The summed E-state index contributed by atoms with van der Waals surface area (Å²) in [5.41, 5.74) is 6.30. The fourth-order valence-electron chi connectivity index (χ4n) is 7.93. The highest BCUT2D eigenvalue weighted by Gasteiger charge is 2.53. The van der Waals surface area contributed by atoms with Crippen LogP contribution in [0.3, 0.4) is 0 Å². The molecule has 43 heavy (non-hydrogen) atoms. The summed E-state index contributed by atoms with van der Waals surface area (Å²) in [4.78, 5) is 0. The van der Waals surface area contributed by atoms with E-state index in [0.717, 1.165) is 13.0 Å². The van der Waals surface area contributed by atoms with E-state index in [9.17, 15) is 10.2 Å². The van der Waals surface area contributed by atoms with Crippen molar-refractivity contribution in [1.29, 1.82) is 0 Å². The van der Waals surface area contributed by atoms with Crippen LogP contribution >= 0.6 is 0 Å². The van der Waals surface area contributed by atoms with Gasteiger partial charge in [-0.15, -0.1) is 17.9 Å². The lowest BCUT2D eigenvalue weighted by atomic mass is 9.87. The van der Waals surface area contributed by atoms with Crippen molar-refractivity contribution in [3.63, 3.8) is 0 Å². The van der Waals surface area contributed by atoms with Crippen LogP contribution in [0.15, 0.2) is 0 Å². The molecule has 1 aliphatic heterocycles. The molecule has 1 saturated heterocycles. The van der Waals surface area contributed by atoms with Gasteiger partial charge < -0.3 is 23.8 Å². The molecule has 0 aromatic rings. The first-order valence-electron chi connectivity index (χ1n) is 16.8. The summed E-state index contributed by atoms with van der Waals surface area (Å²) in [6.07, 6.45) is 3.83. The first-order valence-corrected chi connectivity index (χ1v) is 24.1. The molecule has 0 aromatic carbocycles. The molecule has 1 rings (SSSR count). The Morgan fingerprint density at radius 2 is 1.26 bits per heavy atom. The minimum atomic E-state index is -2.37. The number of aliphatic hydroxyl groups is 2. The lowest BCUT2D eigenvalue weighted by Crippen LogP contribution is -2.61. The second-order valence-electron chi connectivity index (χ2n) is 16.1. The molecule has 0 radical (unpaired) electrons. The van der Waals surface area contributed by atoms with Crippen molar-refractivity contribution in [2.75, 3.05) is 13.2 Å². The number of ether oxygens (including phenoxy) is 1. The number of aliphatic hydroxyl groups excluding tert-OH is 2. The Balaban J connectivity index is 3.36. The largest absolute Gasteiger partial charge is 0.416 e. The highest BCUT2D eigenvalue weighted by molar-refractivity contribution is 6.87. The summed E-state index contributed by atoms with van der Waals surface area (Å²) in [6.45, 7) is 37.0. The summed E-state index contributed by atoms with van der Waals surface area (Å²) in [6, 6.07) is 0. The molecule has 0 saturated carbocycles. The van der Waals surface area contributed by atoms with Gasteiger partial charge in [-0.05, 0) is 44.7 Å². The third-order valence-corrected chi connectivity index (χ3v) is 27.8. The maximum absolute atomic E-state index is 11.8. The molecule has 5 nitrogen and oxygen atoms in total. The van der Waals surface area contributed by atoms with E-state index < -0.39 is 55.0 Å². The van der Waals surface area contributed by atoms with Crippen molar-refractivity contribution in [1.82, 2.24) is 0 Å². The monoisotopic (exact) mass is 652 g/mol. The second kappa shape index (κ2) is 15.9. The quantitative estimate of drug-likeness (QED) is 0.145. The van der Waals surface area contributed by atoms with Crippen molar-refractivity contribution in [2.45, 2.75) is 179 Å². The standard InChI is InChI=1S/C35H68O5Si3/c1-18-31-34(40-43(27(8)9,28(10)11)29(12)13)33(37)30(32(23-36)39-31)19-22-41(16,17)35(14,15)20-21-38-42(24(2)3,25(4)5)26(6)7/h1,24-34,36-37H,20-21,23H2,2-17H3/t30-,31+,32-,33+,34+/m1/s1. The van der Waals surface area contributed by atoms with Gasteiger partial charge in [0.1, 0.15) is 20.3 Å². The van der Waals surface area contributed by atoms with E-state index in [4.69, 9.17) is 20.0 Å². The van der Waals surface area contributed by atoms with Gasteiger partial charge in [0.25, 0.3) is 0 Å². The molecule has 2 N–H and O–H groups in total. The third kappa shape index (κ3) is 8.49. The molecule has 1 aliphatic rings. The molecule has 5 atom stereocenters. The van der Waals surface area contributed by atoms with E-state index in [1.54, 1.807) is 0 Å². The Bertz CT molecular complexity index is 927. The van der Waals surface area contributed by atoms with Gasteiger partial charge in [-0.3, -0.25) is 0 Å². The van der Waals surface area contributed by atoms with Crippen LogP contribution in [-0.2, 0) is 13.6 Å². The molecule has 0 aromatic heterocycles. The molecular weight excluding hydrogens is 585 g/mol. The molecule has 0 bridgehead atoms. The summed E-state index contributed by atoms with van der Waals surface area (Å²) in [5.74, 6) is 5.57. The summed E-state index contributed by atoms with van der Waals surface area (Å²) in [7, 11) is -6.47. The summed E-state index contributed by atoms with van der Waals surface area (Å²) >= 11 is 0. The smallest absolute Gasteiger partial charge is 0.201 e. The van der Waals surface area contributed by atoms with Crippen LogP contribution in [-0.4, -0.2) is 72.6 Å². The van der Waals surface area contributed by atoms with Crippen LogP contribution < -0.4 is 0 Å². The predicted molar refractivity (Wildman–Crippen MR) is 191 cm³/mol. The maximum atomic E-state index is 11.8. The molecule has 0 unspecified atom stereocenters. The molecule has 0 amide bonds. The van der Waals surface area contributed by atoms with E-state index in [0.29, 0.717) is 33.2 Å². The fourth-order valence-corrected chi connectivity index (χ4v) is 20.5. The predicted octanol–water partition coefficient (Wildman–Crippen LogP) is 8.53. The van der Waals surface area contributed by atoms with Crippen LogP contribution in [0.2, 0.25) is 51.4 Å². The lowest BCUT2D eigenvalue weighted by Gasteiger charge is -2.49. The van der Waals surface area contributed by atoms with Crippen LogP contribution in [0, 0.1) is 29.7 Å². The van der Waals surface area contributed by atoms with Crippen molar-refractivity contribution < 1.29 is 23.8 Å². The Labute approximate surface area is 269 Å². The molecule has 8 heteroatoms. The fraction of sp³-hybridized carbons (Fsp3) is 0.886. The van der Waals surface area contributed by atoms with Crippen molar-refractivity contribution in [3.8, 4) is 23.8 Å². The summed E-state index contributed by atoms with van der Waals surface area (Å²) < 4.78 is 20.2. The number of hydrogen-bond donors (Lipinski definition) is 2. The molecule has 0 spiro atoms. The molecule has 1 fully saturated rings. The average Bonchev–Trinajstić information content (AvgIpc) is 2.87. The number of hydrogen-bond acceptors (Lipinski definition) is 5. The van der Waals surface area contributed by atoms with E-state index in [1.807, 2.05) is 0 Å². The van der Waals surface area contributed by atoms with Crippen molar-refractivity contribution in [3.05, 3.63) is 0 Å². The highest BCUT2D eigenvalue weighted by Crippen LogP contribution is 2.47. The van der Waals surface area contributed by atoms with Crippen LogP contribution in [0.4, 0.5) is 0 Å². The Hall–Kier alpha value is -0.429. The zero-order valence-corrected chi connectivity index (χ0v) is 33.7. The lowest BCUT2D eigenvalue weighted by molar-refractivity contribution is -0.173. The van der Waals surface area contributed by atoms with Crippen molar-refractivity contribution >= 4 is 24.7 Å². The van der Waals surface area contributed by atoms with E-state index in [1.165, 1.54) is 0 Å². The Kier molecular flexibility index (Phi) is 15.0. The minimum absolute atomic E-state index is 0.0213. The first kappa shape index (κ1) is 40.6. The number of rotatable bonds is 14. The van der Waals surface area contributed by atoms with Gasteiger partial charge in [0.2, 0.25) is 8.32 Å². The Morgan fingerprint density at radius 3 is 1.63 bits per heavy atom. The van der Waals surface area contributed by atoms with Gasteiger partial charge >= 0.3 is 0 Å². The molecular formula is C35H68O5Si3. The van der Waals surface area contributed by atoms with E-state index in [-0.39, 0.29) is 11.6 Å². The third-order valence-electron chi connectivity index (χ3n) is 11.1. The normalized spacial score (nSPS) is 24.3. The van der Waals surface area contributed by atoms with Gasteiger partial charge in [-0.25, -0.2) is 0 Å². The average molecular weight is 653 g/mol. The van der Waals surface area contributed by atoms with Gasteiger partial charge in [0.05, 0.1) is 24.7 Å². The van der Waals surface area contributed by atoms with Crippen LogP contribution in [0.1, 0.15) is 103 Å². The van der Waals surface area contributed by atoms with Gasteiger partial charge in [-0.2, -0.15) is 0 Å². The van der Waals surface area contributed by atoms with E-state index >= 15 is 0 Å². The topological polar surface area (TPSA) is 68.2 Å². The van der Waals surface area contributed by atoms with Gasteiger partial charge in [0.15, 0.2) is 8.32 Å². The minimum Gasteiger partial charge on any atom is -0.416 e. The molecule has 0 aliphatic carbocycles.